The zero-order valence-corrected chi connectivity index (χ0v) is 16.6. The summed E-state index contributed by atoms with van der Waals surface area (Å²) in [5.41, 5.74) is 0. The molecule has 0 aromatic rings. The lowest BCUT2D eigenvalue weighted by atomic mass is 9.99. The maximum absolute atomic E-state index is 12.3. The summed E-state index contributed by atoms with van der Waals surface area (Å²) >= 11 is 0. The number of hydrogen-bond donors (Lipinski definition) is 1. The van der Waals surface area contributed by atoms with E-state index in [1.807, 2.05) is 13.8 Å². The van der Waals surface area contributed by atoms with Crippen molar-refractivity contribution in [1.82, 2.24) is 0 Å². The van der Waals surface area contributed by atoms with Gasteiger partial charge in [0.25, 0.3) is 0 Å². The monoisotopic (exact) mass is 368 g/mol. The zero-order chi connectivity index (χ0) is 19.0. The van der Waals surface area contributed by atoms with Gasteiger partial charge in [-0.1, -0.05) is 32.6 Å². The summed E-state index contributed by atoms with van der Waals surface area (Å²) in [6.07, 6.45) is 11.8. The molecule has 2 rings (SSSR count). The summed E-state index contributed by atoms with van der Waals surface area (Å²) in [5.74, 6) is -1.02. The van der Waals surface area contributed by atoms with Crippen LogP contribution in [0.25, 0.3) is 0 Å². The third-order valence-corrected chi connectivity index (χ3v) is 5.12. The van der Waals surface area contributed by atoms with Gasteiger partial charge in [0.05, 0.1) is 12.2 Å². The average Bonchev–Trinajstić information content (AvgIpc) is 2.85. The topological polar surface area (TPSA) is 65.0 Å². The van der Waals surface area contributed by atoms with Crippen LogP contribution in [0.4, 0.5) is 0 Å². The number of carbonyl (C=O) groups is 1. The second-order valence-electron chi connectivity index (χ2n) is 8.08. The van der Waals surface area contributed by atoms with Gasteiger partial charge >= 0.3 is 5.97 Å². The normalized spacial score (nSPS) is 34.5. The molecule has 1 saturated heterocycles. The molecule has 0 amide bonds. The molecule has 2 aliphatic rings. The Kier molecular flexibility index (Phi) is 8.58. The van der Waals surface area contributed by atoms with Crippen LogP contribution in [0.5, 0.6) is 0 Å². The fourth-order valence-corrected chi connectivity index (χ4v) is 3.78. The Morgan fingerprint density at radius 2 is 1.92 bits per heavy atom. The quantitative estimate of drug-likeness (QED) is 0.593. The van der Waals surface area contributed by atoms with Crippen molar-refractivity contribution >= 4 is 5.97 Å². The van der Waals surface area contributed by atoms with Gasteiger partial charge in [-0.15, -0.1) is 0 Å². The lowest BCUT2D eigenvalue weighted by Crippen LogP contribution is -2.27. The van der Waals surface area contributed by atoms with E-state index in [0.717, 1.165) is 51.4 Å². The van der Waals surface area contributed by atoms with E-state index in [1.54, 1.807) is 6.08 Å². The molecule has 1 N–H and O–H groups in total. The number of esters is 1. The Bertz CT molecular complexity index is 459. The van der Waals surface area contributed by atoms with E-state index in [0.29, 0.717) is 6.42 Å². The van der Waals surface area contributed by atoms with Crippen molar-refractivity contribution in [1.29, 1.82) is 0 Å². The van der Waals surface area contributed by atoms with Gasteiger partial charge in [0, 0.05) is 12.5 Å². The maximum Gasteiger partial charge on any atom is 0.330 e. The highest BCUT2D eigenvalue weighted by atomic mass is 16.7. The molecule has 2 aliphatic heterocycles. The number of hydrogen-bond acceptors (Lipinski definition) is 5. The van der Waals surface area contributed by atoms with Crippen molar-refractivity contribution in [3.8, 4) is 0 Å². The molecule has 150 valence electrons. The molecule has 26 heavy (non-hydrogen) atoms. The van der Waals surface area contributed by atoms with Crippen LogP contribution in [0.15, 0.2) is 12.2 Å². The van der Waals surface area contributed by atoms with Crippen LogP contribution in [0.2, 0.25) is 0 Å². The van der Waals surface area contributed by atoms with Gasteiger partial charge < -0.3 is 19.3 Å². The van der Waals surface area contributed by atoms with Gasteiger partial charge in [-0.05, 0) is 52.0 Å². The standard InChI is InChI=1S/C21H36O5/c1-4-5-7-11-17-12-9-6-8-10-16(22)15-19-18(13-14-20(23)24-17)25-21(2,3)26-19/h13-14,16-19,22H,4-12,15H2,1-3H3/b14-13+/t16-,17?,18-,19+/m1/s1. The molecule has 0 aromatic carbocycles. The molecule has 0 spiro atoms. The molecule has 1 fully saturated rings. The van der Waals surface area contributed by atoms with Crippen molar-refractivity contribution < 1.29 is 24.1 Å². The van der Waals surface area contributed by atoms with Crippen molar-refractivity contribution in [2.45, 2.75) is 115 Å². The number of aliphatic hydroxyl groups is 1. The molecule has 0 aromatic heterocycles. The Hall–Kier alpha value is -0.910. The SMILES string of the molecule is CCCCCC1CCCCC[C@@H](O)C[C@@H]2OC(C)(C)O[C@@H]2/C=C/C(=O)O1. The number of unbranched alkanes of at least 4 members (excludes halogenated alkanes) is 2. The number of aliphatic hydroxyl groups excluding tert-OH is 1. The van der Waals surface area contributed by atoms with Crippen LogP contribution in [0.1, 0.15) is 85.0 Å². The number of cyclic esters (lactones) is 1. The molecule has 5 heteroatoms. The van der Waals surface area contributed by atoms with E-state index in [9.17, 15) is 9.90 Å². The van der Waals surface area contributed by atoms with Gasteiger partial charge in [0.15, 0.2) is 5.79 Å². The second kappa shape index (κ2) is 10.4. The average molecular weight is 369 g/mol. The van der Waals surface area contributed by atoms with E-state index in [1.165, 1.54) is 12.5 Å². The van der Waals surface area contributed by atoms with E-state index < -0.39 is 11.9 Å². The van der Waals surface area contributed by atoms with E-state index in [-0.39, 0.29) is 24.3 Å². The third-order valence-electron chi connectivity index (χ3n) is 5.12. The minimum Gasteiger partial charge on any atom is -0.459 e. The highest BCUT2D eigenvalue weighted by molar-refractivity contribution is 5.82. The van der Waals surface area contributed by atoms with Crippen molar-refractivity contribution in [2.24, 2.45) is 0 Å². The maximum atomic E-state index is 12.3. The van der Waals surface area contributed by atoms with Crippen LogP contribution in [-0.2, 0) is 19.0 Å². The zero-order valence-electron chi connectivity index (χ0n) is 16.6. The van der Waals surface area contributed by atoms with Crippen LogP contribution >= 0.6 is 0 Å². The molecule has 0 saturated carbocycles. The molecule has 0 radical (unpaired) electrons. The van der Waals surface area contributed by atoms with E-state index in [4.69, 9.17) is 14.2 Å². The van der Waals surface area contributed by atoms with Crippen LogP contribution in [-0.4, -0.2) is 41.3 Å². The Morgan fingerprint density at radius 1 is 1.15 bits per heavy atom. The number of fused-ring (bicyclic) bond motifs is 1. The summed E-state index contributed by atoms with van der Waals surface area (Å²) in [4.78, 5) is 12.3. The largest absolute Gasteiger partial charge is 0.459 e. The Labute approximate surface area is 158 Å². The summed E-state index contributed by atoms with van der Waals surface area (Å²) in [5, 5.41) is 10.3. The van der Waals surface area contributed by atoms with Gasteiger partial charge in [-0.3, -0.25) is 0 Å². The summed E-state index contributed by atoms with van der Waals surface area (Å²) in [7, 11) is 0. The highest BCUT2D eigenvalue weighted by Gasteiger charge is 2.40. The predicted molar refractivity (Wildman–Crippen MR) is 101 cm³/mol. The van der Waals surface area contributed by atoms with Gasteiger partial charge in [-0.2, -0.15) is 0 Å². The Balaban J connectivity index is 2.03. The minimum absolute atomic E-state index is 0.0143. The highest BCUT2D eigenvalue weighted by Crippen LogP contribution is 2.32. The molecule has 0 bridgehead atoms. The van der Waals surface area contributed by atoms with Crippen LogP contribution in [0.3, 0.4) is 0 Å². The van der Waals surface area contributed by atoms with Gasteiger partial charge in [-0.25, -0.2) is 4.79 Å². The van der Waals surface area contributed by atoms with Gasteiger partial charge in [0.1, 0.15) is 12.2 Å². The number of ether oxygens (including phenoxy) is 3. The smallest absolute Gasteiger partial charge is 0.330 e. The van der Waals surface area contributed by atoms with E-state index in [2.05, 4.69) is 6.92 Å². The minimum atomic E-state index is -0.708. The molecular formula is C21H36O5. The fourth-order valence-electron chi connectivity index (χ4n) is 3.78. The number of carbonyl (C=O) groups excluding carboxylic acids is 1. The summed E-state index contributed by atoms with van der Waals surface area (Å²) in [6, 6.07) is 0. The predicted octanol–water partition coefficient (Wildman–Crippen LogP) is 4.27. The molecular weight excluding hydrogens is 332 g/mol. The molecule has 1 unspecified atom stereocenters. The lowest BCUT2D eigenvalue weighted by Gasteiger charge is -2.20. The fraction of sp³-hybridized carbons (Fsp3) is 0.857. The van der Waals surface area contributed by atoms with Crippen molar-refractivity contribution in [3.05, 3.63) is 12.2 Å². The third kappa shape index (κ3) is 7.37. The molecule has 2 heterocycles. The van der Waals surface area contributed by atoms with E-state index >= 15 is 0 Å². The van der Waals surface area contributed by atoms with Crippen LogP contribution in [0, 0.1) is 0 Å². The molecule has 5 nitrogen and oxygen atoms in total. The first kappa shape index (κ1) is 21.4. The first-order valence-corrected chi connectivity index (χ1v) is 10.3. The first-order chi connectivity index (χ1) is 12.4. The molecule has 4 atom stereocenters. The van der Waals surface area contributed by atoms with Crippen molar-refractivity contribution in [3.63, 3.8) is 0 Å². The molecule has 0 aliphatic carbocycles. The van der Waals surface area contributed by atoms with Crippen molar-refractivity contribution in [2.75, 3.05) is 0 Å². The lowest BCUT2D eigenvalue weighted by molar-refractivity contribution is -0.146. The summed E-state index contributed by atoms with van der Waals surface area (Å²) in [6.45, 7) is 5.89. The Morgan fingerprint density at radius 3 is 2.69 bits per heavy atom. The summed E-state index contributed by atoms with van der Waals surface area (Å²) < 4.78 is 17.5. The van der Waals surface area contributed by atoms with Crippen LogP contribution < -0.4 is 0 Å². The number of rotatable bonds is 4. The first-order valence-electron chi connectivity index (χ1n) is 10.3. The van der Waals surface area contributed by atoms with Gasteiger partial charge in [0.2, 0.25) is 0 Å². The second-order valence-corrected chi connectivity index (χ2v) is 8.08.